The lowest BCUT2D eigenvalue weighted by Crippen LogP contribution is -2.70. The van der Waals surface area contributed by atoms with Crippen molar-refractivity contribution in [2.45, 2.75) is 153 Å². The highest BCUT2D eigenvalue weighted by atomic mass is 32.2. The molecule has 0 radical (unpaired) electrons. The summed E-state index contributed by atoms with van der Waals surface area (Å²) in [5.74, 6) is 4.08. The third-order valence-electron chi connectivity index (χ3n) is 14.5. The Kier molecular flexibility index (Phi) is 7.75. The lowest BCUT2D eigenvalue weighted by Gasteiger charge is -2.61. The Labute approximate surface area is 266 Å². The van der Waals surface area contributed by atoms with Crippen LogP contribution in [0.4, 0.5) is 0 Å². The topological polar surface area (TPSA) is 81.7 Å². The average Bonchev–Trinajstić information content (AvgIpc) is 3.37. The van der Waals surface area contributed by atoms with E-state index in [2.05, 4.69) is 27.7 Å². The van der Waals surface area contributed by atoms with E-state index in [1.165, 1.54) is 12.8 Å². The molecule has 0 N–H and O–H groups in total. The molecule has 10 rings (SSSR count). The first-order valence-electron chi connectivity index (χ1n) is 18.1. The van der Waals surface area contributed by atoms with E-state index in [1.54, 1.807) is 0 Å². The first-order chi connectivity index (χ1) is 21.0. The second-order valence-corrected chi connectivity index (χ2v) is 18.5. The molecule has 3 aliphatic carbocycles. The van der Waals surface area contributed by atoms with Crippen LogP contribution in [-0.4, -0.2) is 57.0 Å². The third-order valence-corrected chi connectivity index (χ3v) is 15.9. The van der Waals surface area contributed by atoms with Gasteiger partial charge in [0.1, 0.15) is 5.60 Å². The van der Waals surface area contributed by atoms with E-state index in [9.17, 15) is 4.21 Å². The molecule has 10 aliphatic rings. The minimum absolute atomic E-state index is 0.0163. The first kappa shape index (κ1) is 31.2. The van der Waals surface area contributed by atoms with E-state index in [1.807, 2.05) is 13.8 Å². The fraction of sp³-hybridized carbons (Fsp3) is 1.00. The summed E-state index contributed by atoms with van der Waals surface area (Å²) in [4.78, 5) is 24.8. The fourth-order valence-electron chi connectivity index (χ4n) is 11.9. The van der Waals surface area contributed by atoms with E-state index >= 15 is 0 Å². The Balaban J connectivity index is 0.917. The standard InChI is InChI=1S/C35H56O8S/c1-20-7-9-27-22(3)24(19-30-34(27)25(20)11-15-32(5,38-30)40-42-34)13-17-44(36)18-14-29-23(4)28-10-8-21(2)26-12-16-33(6)39-31(37-29)35(26,28)43-41-33/h20-31H,7-19H2,1-6H3/t20-,21-,22+,23-,24+,25+,26+,27+,28+,29-,30+,31-,32+,33+,34-,35-,44?/m1/s1. The van der Waals surface area contributed by atoms with Crippen LogP contribution in [0.15, 0.2) is 0 Å². The molecular formula is C35H56O8S. The first-order valence-corrected chi connectivity index (χ1v) is 19.6. The Morgan fingerprint density at radius 2 is 1.25 bits per heavy atom. The number of fused-ring (bicyclic) bond motifs is 4. The minimum atomic E-state index is -0.901. The summed E-state index contributed by atoms with van der Waals surface area (Å²) >= 11 is 0. The van der Waals surface area contributed by atoms with Crippen molar-refractivity contribution in [1.82, 2.24) is 0 Å². The van der Waals surface area contributed by atoms with Gasteiger partial charge in [0.25, 0.3) is 0 Å². The fourth-order valence-corrected chi connectivity index (χ4v) is 13.2. The maximum Gasteiger partial charge on any atom is 0.201 e. The van der Waals surface area contributed by atoms with Crippen LogP contribution in [0.3, 0.4) is 0 Å². The van der Waals surface area contributed by atoms with Crippen LogP contribution >= 0.6 is 0 Å². The molecule has 17 atom stereocenters. The molecule has 1 unspecified atom stereocenters. The van der Waals surface area contributed by atoms with Gasteiger partial charge in [-0.05, 0) is 119 Å². The van der Waals surface area contributed by atoms with Crippen LogP contribution in [-0.2, 0) is 44.6 Å². The van der Waals surface area contributed by atoms with Crippen molar-refractivity contribution in [3.8, 4) is 0 Å². The summed E-state index contributed by atoms with van der Waals surface area (Å²) in [6, 6.07) is 0. The highest BCUT2D eigenvalue weighted by molar-refractivity contribution is 7.84. The number of hydrogen-bond acceptors (Lipinski definition) is 8. The Bertz CT molecular complexity index is 1050. The molecule has 7 heterocycles. The van der Waals surface area contributed by atoms with Crippen molar-refractivity contribution in [2.75, 3.05) is 11.5 Å². The highest BCUT2D eigenvalue weighted by Gasteiger charge is 2.70. The van der Waals surface area contributed by atoms with Gasteiger partial charge in [0.2, 0.25) is 5.79 Å². The minimum Gasteiger partial charge on any atom is -0.346 e. The molecule has 10 fully saturated rings. The second kappa shape index (κ2) is 10.9. The molecular weight excluding hydrogens is 580 g/mol. The molecule has 0 aromatic carbocycles. The second-order valence-electron chi connectivity index (χ2n) is 16.8. The van der Waals surface area contributed by atoms with E-state index < -0.39 is 34.3 Å². The van der Waals surface area contributed by atoms with Crippen LogP contribution < -0.4 is 0 Å². The summed E-state index contributed by atoms with van der Waals surface area (Å²) in [5.41, 5.74) is -0.853. The monoisotopic (exact) mass is 636 g/mol. The van der Waals surface area contributed by atoms with Gasteiger partial charge in [0, 0.05) is 41.1 Å². The molecule has 4 bridgehead atoms. The average molecular weight is 637 g/mol. The Morgan fingerprint density at radius 1 is 0.659 bits per heavy atom. The largest absolute Gasteiger partial charge is 0.346 e. The van der Waals surface area contributed by atoms with Crippen molar-refractivity contribution in [1.29, 1.82) is 0 Å². The maximum atomic E-state index is 13.6. The molecule has 8 nitrogen and oxygen atoms in total. The van der Waals surface area contributed by atoms with Gasteiger partial charge in [-0.15, -0.1) is 0 Å². The van der Waals surface area contributed by atoms with Crippen LogP contribution in [0.1, 0.15) is 112 Å². The predicted octanol–water partition coefficient (Wildman–Crippen LogP) is 6.68. The molecule has 250 valence electrons. The van der Waals surface area contributed by atoms with Gasteiger partial charge in [-0.25, -0.2) is 19.6 Å². The van der Waals surface area contributed by atoms with Gasteiger partial charge >= 0.3 is 0 Å². The predicted molar refractivity (Wildman–Crippen MR) is 164 cm³/mol. The zero-order valence-electron chi connectivity index (χ0n) is 27.8. The van der Waals surface area contributed by atoms with Crippen molar-refractivity contribution in [2.24, 2.45) is 53.3 Å². The van der Waals surface area contributed by atoms with Crippen LogP contribution in [0.2, 0.25) is 0 Å². The number of ether oxygens (including phenoxy) is 3. The highest BCUT2D eigenvalue weighted by Crippen LogP contribution is 2.63. The van der Waals surface area contributed by atoms with Gasteiger partial charge < -0.3 is 14.2 Å². The quantitative estimate of drug-likeness (QED) is 0.299. The zero-order chi connectivity index (χ0) is 30.6. The maximum absolute atomic E-state index is 13.6. The van der Waals surface area contributed by atoms with Crippen molar-refractivity contribution < 1.29 is 38.0 Å². The molecule has 0 aromatic heterocycles. The van der Waals surface area contributed by atoms with Gasteiger partial charge in [-0.3, -0.25) is 4.21 Å². The van der Waals surface area contributed by atoms with Gasteiger partial charge in [0.15, 0.2) is 17.7 Å². The number of rotatable bonds is 6. The molecule has 2 spiro atoms. The zero-order valence-corrected chi connectivity index (χ0v) is 28.6. The normalized spacial score (nSPS) is 58.4. The van der Waals surface area contributed by atoms with Crippen LogP contribution in [0, 0.1) is 53.3 Å². The van der Waals surface area contributed by atoms with Gasteiger partial charge in [-0.2, -0.15) is 0 Å². The van der Waals surface area contributed by atoms with Crippen LogP contribution in [0.5, 0.6) is 0 Å². The Hall–Kier alpha value is -0.130. The number of hydrogen-bond donors (Lipinski definition) is 0. The summed E-state index contributed by atoms with van der Waals surface area (Å²) in [6.45, 7) is 13.5. The summed E-state index contributed by atoms with van der Waals surface area (Å²) in [7, 11) is -0.901. The smallest absolute Gasteiger partial charge is 0.201 e. The van der Waals surface area contributed by atoms with E-state index in [0.717, 1.165) is 63.5 Å². The molecule has 7 saturated heterocycles. The van der Waals surface area contributed by atoms with Crippen molar-refractivity contribution >= 4 is 10.8 Å². The summed E-state index contributed by atoms with van der Waals surface area (Å²) < 4.78 is 33.7. The molecule has 7 aliphatic heterocycles. The lowest BCUT2D eigenvalue weighted by molar-refractivity contribution is -0.571. The van der Waals surface area contributed by atoms with E-state index in [0.29, 0.717) is 59.0 Å². The molecule has 0 aromatic rings. The van der Waals surface area contributed by atoms with E-state index in [-0.39, 0.29) is 17.8 Å². The summed E-state index contributed by atoms with van der Waals surface area (Å²) in [6.07, 6.45) is 11.0. The van der Waals surface area contributed by atoms with Crippen molar-refractivity contribution in [3.05, 3.63) is 0 Å². The third kappa shape index (κ3) is 4.56. The van der Waals surface area contributed by atoms with Gasteiger partial charge in [-0.1, -0.05) is 27.7 Å². The lowest BCUT2D eigenvalue weighted by atomic mass is 9.52. The van der Waals surface area contributed by atoms with E-state index in [4.69, 9.17) is 33.8 Å². The molecule has 9 heteroatoms. The molecule has 3 saturated carbocycles. The Morgan fingerprint density at radius 3 is 1.95 bits per heavy atom. The SMILES string of the molecule is C[C@H]1[C@@H](CCS(=O)CC[C@H]2C[C@@H]3O[C@]4(C)CC[C@H]5[C@H](C)CC[C@@H]([C@H]2C)[C@@]35OO4)O[C@@H]2O[C@]3(C)CC[C@H]4[C@H](C)CC[C@@H]1[C@@]24OO3. The molecule has 44 heavy (non-hydrogen) atoms. The summed E-state index contributed by atoms with van der Waals surface area (Å²) in [5, 5.41) is 0. The van der Waals surface area contributed by atoms with Crippen molar-refractivity contribution in [3.63, 3.8) is 0 Å². The van der Waals surface area contributed by atoms with Crippen LogP contribution in [0.25, 0.3) is 0 Å². The molecule has 0 amide bonds. The van der Waals surface area contributed by atoms with Gasteiger partial charge in [0.05, 0.1) is 12.2 Å².